The summed E-state index contributed by atoms with van der Waals surface area (Å²) in [6, 6.07) is 5.86. The van der Waals surface area contributed by atoms with Gasteiger partial charge in [0.1, 0.15) is 0 Å². The second-order valence-electron chi connectivity index (χ2n) is 4.60. The van der Waals surface area contributed by atoms with Crippen LogP contribution in [-0.4, -0.2) is 33.6 Å². The van der Waals surface area contributed by atoms with Crippen molar-refractivity contribution in [1.29, 1.82) is 0 Å². The first-order chi connectivity index (χ1) is 10.4. The molecular formula is C15H23IN6. The largest absolute Gasteiger partial charge is 0.357 e. The van der Waals surface area contributed by atoms with E-state index in [0.29, 0.717) is 6.54 Å². The third kappa shape index (κ3) is 6.88. The zero-order chi connectivity index (χ0) is 14.8. The lowest BCUT2D eigenvalue weighted by atomic mass is 10.3. The van der Waals surface area contributed by atoms with E-state index in [1.165, 1.54) is 0 Å². The summed E-state index contributed by atoms with van der Waals surface area (Å²) in [4.78, 5) is 12.8. The molecule has 0 amide bonds. The minimum Gasteiger partial charge on any atom is -0.357 e. The SMILES string of the molecule is CCNC(=NCc1ccccn1)NCCCn1ccnc1.I. The van der Waals surface area contributed by atoms with Crippen LogP contribution in [0.3, 0.4) is 0 Å². The van der Waals surface area contributed by atoms with Gasteiger partial charge in [0, 0.05) is 38.2 Å². The number of rotatable bonds is 7. The van der Waals surface area contributed by atoms with Crippen molar-refractivity contribution in [2.45, 2.75) is 26.4 Å². The molecule has 2 aromatic heterocycles. The predicted molar refractivity (Wildman–Crippen MR) is 99.3 cm³/mol. The van der Waals surface area contributed by atoms with E-state index in [4.69, 9.17) is 0 Å². The number of nitrogens with zero attached hydrogens (tertiary/aromatic N) is 4. The second kappa shape index (κ2) is 11.0. The third-order valence-electron chi connectivity index (χ3n) is 2.91. The van der Waals surface area contributed by atoms with Crippen LogP contribution in [-0.2, 0) is 13.1 Å². The Morgan fingerprint density at radius 3 is 2.86 bits per heavy atom. The van der Waals surface area contributed by atoms with E-state index in [-0.39, 0.29) is 24.0 Å². The third-order valence-corrected chi connectivity index (χ3v) is 2.91. The number of imidazole rings is 1. The Kier molecular flexibility index (Phi) is 9.20. The number of hydrogen-bond acceptors (Lipinski definition) is 3. The van der Waals surface area contributed by atoms with Gasteiger partial charge >= 0.3 is 0 Å². The lowest BCUT2D eigenvalue weighted by molar-refractivity contribution is 0.624. The molecule has 0 spiro atoms. The van der Waals surface area contributed by atoms with Crippen molar-refractivity contribution in [2.75, 3.05) is 13.1 Å². The van der Waals surface area contributed by atoms with Crippen LogP contribution in [0.4, 0.5) is 0 Å². The van der Waals surface area contributed by atoms with Crippen molar-refractivity contribution in [3.8, 4) is 0 Å². The molecule has 120 valence electrons. The number of aryl methyl sites for hydroxylation is 1. The van der Waals surface area contributed by atoms with Crippen molar-refractivity contribution >= 4 is 29.9 Å². The highest BCUT2D eigenvalue weighted by atomic mass is 127. The van der Waals surface area contributed by atoms with Crippen molar-refractivity contribution in [3.63, 3.8) is 0 Å². The smallest absolute Gasteiger partial charge is 0.191 e. The van der Waals surface area contributed by atoms with Crippen molar-refractivity contribution in [3.05, 3.63) is 48.8 Å². The molecule has 0 unspecified atom stereocenters. The van der Waals surface area contributed by atoms with Gasteiger partial charge in [0.05, 0.1) is 18.6 Å². The van der Waals surface area contributed by atoms with E-state index in [2.05, 4.69) is 37.1 Å². The van der Waals surface area contributed by atoms with E-state index < -0.39 is 0 Å². The van der Waals surface area contributed by atoms with Gasteiger partial charge in [-0.05, 0) is 25.5 Å². The first-order valence-corrected chi connectivity index (χ1v) is 7.26. The van der Waals surface area contributed by atoms with Crippen LogP contribution < -0.4 is 10.6 Å². The zero-order valence-corrected chi connectivity index (χ0v) is 15.1. The number of pyridine rings is 1. The standard InChI is InChI=1S/C15H22N6.HI/c1-2-17-15(20-12-14-6-3-4-7-18-14)19-8-5-10-21-11-9-16-13-21;/h3-4,6-7,9,11,13H,2,5,8,10,12H2,1H3,(H2,17,19,20);1H. The average Bonchev–Trinajstić information content (AvgIpc) is 3.03. The Morgan fingerprint density at radius 2 is 2.18 bits per heavy atom. The molecule has 0 fully saturated rings. The summed E-state index contributed by atoms with van der Waals surface area (Å²) in [5, 5.41) is 6.57. The van der Waals surface area contributed by atoms with Crippen molar-refractivity contribution < 1.29 is 0 Å². The summed E-state index contributed by atoms with van der Waals surface area (Å²) < 4.78 is 2.07. The Morgan fingerprint density at radius 1 is 1.27 bits per heavy atom. The molecule has 0 aliphatic rings. The van der Waals surface area contributed by atoms with Crippen LogP contribution in [0.25, 0.3) is 0 Å². The topological polar surface area (TPSA) is 67.1 Å². The molecule has 2 aromatic rings. The van der Waals surface area contributed by atoms with E-state index in [9.17, 15) is 0 Å². The molecule has 2 N–H and O–H groups in total. The zero-order valence-electron chi connectivity index (χ0n) is 12.8. The summed E-state index contributed by atoms with van der Waals surface area (Å²) in [6.07, 6.45) is 8.41. The quantitative estimate of drug-likeness (QED) is 0.315. The maximum absolute atomic E-state index is 4.53. The maximum atomic E-state index is 4.53. The molecule has 0 saturated carbocycles. The number of hydrogen-bond donors (Lipinski definition) is 2. The highest BCUT2D eigenvalue weighted by molar-refractivity contribution is 14.0. The second-order valence-corrected chi connectivity index (χ2v) is 4.60. The van der Waals surface area contributed by atoms with Gasteiger partial charge in [0.2, 0.25) is 0 Å². The summed E-state index contributed by atoms with van der Waals surface area (Å²) >= 11 is 0. The molecule has 0 atom stereocenters. The predicted octanol–water partition coefficient (Wildman–Crippen LogP) is 2.04. The normalized spacial score (nSPS) is 10.9. The fourth-order valence-corrected chi connectivity index (χ4v) is 1.88. The van der Waals surface area contributed by atoms with Crippen LogP contribution in [0, 0.1) is 0 Å². The number of halogens is 1. The Labute approximate surface area is 148 Å². The van der Waals surface area contributed by atoms with Gasteiger partial charge in [0.15, 0.2) is 5.96 Å². The van der Waals surface area contributed by atoms with Crippen LogP contribution >= 0.6 is 24.0 Å². The van der Waals surface area contributed by atoms with Crippen LogP contribution in [0.15, 0.2) is 48.1 Å². The van der Waals surface area contributed by atoms with Crippen molar-refractivity contribution in [2.24, 2.45) is 4.99 Å². The molecule has 0 bridgehead atoms. The summed E-state index contributed by atoms with van der Waals surface area (Å²) in [7, 11) is 0. The Hall–Kier alpha value is -1.64. The fourth-order valence-electron chi connectivity index (χ4n) is 1.88. The minimum atomic E-state index is 0. The molecule has 22 heavy (non-hydrogen) atoms. The van der Waals surface area contributed by atoms with E-state index in [0.717, 1.165) is 37.7 Å². The summed E-state index contributed by atoms with van der Waals surface area (Å²) in [6.45, 7) is 5.30. The van der Waals surface area contributed by atoms with E-state index in [1.807, 2.05) is 30.7 Å². The monoisotopic (exact) mass is 414 g/mol. The van der Waals surface area contributed by atoms with E-state index >= 15 is 0 Å². The molecule has 2 rings (SSSR count). The van der Waals surface area contributed by atoms with Gasteiger partial charge in [-0.2, -0.15) is 0 Å². The number of nitrogens with one attached hydrogen (secondary N) is 2. The van der Waals surface area contributed by atoms with E-state index in [1.54, 1.807) is 12.4 Å². The highest BCUT2D eigenvalue weighted by Gasteiger charge is 1.98. The minimum absolute atomic E-state index is 0. The van der Waals surface area contributed by atoms with Gasteiger partial charge in [-0.3, -0.25) is 4.98 Å². The summed E-state index contributed by atoms with van der Waals surface area (Å²) in [5.41, 5.74) is 0.966. The van der Waals surface area contributed by atoms with Gasteiger partial charge in [0.25, 0.3) is 0 Å². The van der Waals surface area contributed by atoms with Gasteiger partial charge in [-0.15, -0.1) is 24.0 Å². The van der Waals surface area contributed by atoms with Gasteiger partial charge < -0.3 is 15.2 Å². The molecule has 0 radical (unpaired) electrons. The molecule has 0 saturated heterocycles. The molecule has 6 nitrogen and oxygen atoms in total. The van der Waals surface area contributed by atoms with Gasteiger partial charge in [-0.25, -0.2) is 9.98 Å². The number of guanidine groups is 1. The lowest BCUT2D eigenvalue weighted by Gasteiger charge is -2.11. The molecule has 0 aliphatic heterocycles. The molecular weight excluding hydrogens is 391 g/mol. The summed E-state index contributed by atoms with van der Waals surface area (Å²) in [5.74, 6) is 0.828. The van der Waals surface area contributed by atoms with Crippen LogP contribution in [0.2, 0.25) is 0 Å². The fraction of sp³-hybridized carbons (Fsp3) is 0.400. The molecule has 2 heterocycles. The first-order valence-electron chi connectivity index (χ1n) is 7.26. The Balaban J connectivity index is 0.00000242. The van der Waals surface area contributed by atoms with Crippen molar-refractivity contribution in [1.82, 2.24) is 25.2 Å². The maximum Gasteiger partial charge on any atom is 0.191 e. The molecule has 0 aromatic carbocycles. The molecule has 0 aliphatic carbocycles. The Bertz CT molecular complexity index is 526. The van der Waals surface area contributed by atoms with Crippen LogP contribution in [0.5, 0.6) is 0 Å². The number of aliphatic imine (C=N–C) groups is 1. The first kappa shape index (κ1) is 18.4. The highest BCUT2D eigenvalue weighted by Crippen LogP contribution is 1.95. The van der Waals surface area contributed by atoms with Gasteiger partial charge in [-0.1, -0.05) is 6.07 Å². The lowest BCUT2D eigenvalue weighted by Crippen LogP contribution is -2.38. The number of aromatic nitrogens is 3. The average molecular weight is 414 g/mol. The molecule has 7 heteroatoms. The van der Waals surface area contributed by atoms with Crippen LogP contribution in [0.1, 0.15) is 19.0 Å².